The number of carboxylic acid groups (broad SMARTS) is 1. The van der Waals surface area contributed by atoms with Crippen molar-refractivity contribution in [1.29, 1.82) is 0 Å². The Labute approximate surface area is 99.7 Å². The average molecular weight is 236 g/mol. The monoisotopic (exact) mass is 236 g/mol. The van der Waals surface area contributed by atoms with Gasteiger partial charge in [-0.15, -0.1) is 0 Å². The van der Waals surface area contributed by atoms with Gasteiger partial charge in [-0.25, -0.2) is 14.8 Å². The van der Waals surface area contributed by atoms with Gasteiger partial charge in [-0.3, -0.25) is 0 Å². The summed E-state index contributed by atoms with van der Waals surface area (Å²) < 4.78 is 0. The van der Waals surface area contributed by atoms with Gasteiger partial charge in [0, 0.05) is 18.4 Å². The van der Waals surface area contributed by atoms with Crippen LogP contribution in [-0.2, 0) is 0 Å². The highest BCUT2D eigenvalue weighted by molar-refractivity contribution is 5.86. The molecule has 2 N–H and O–H groups in total. The summed E-state index contributed by atoms with van der Waals surface area (Å²) in [6, 6.07) is 0.377. The van der Waals surface area contributed by atoms with Crippen LogP contribution in [0, 0.1) is 0 Å². The van der Waals surface area contributed by atoms with Gasteiger partial charge in [0.05, 0.1) is 5.56 Å². The van der Waals surface area contributed by atoms with Crippen LogP contribution in [0.5, 0.6) is 0 Å². The maximum Gasteiger partial charge on any atom is 0.338 e. The van der Waals surface area contributed by atoms with Crippen molar-refractivity contribution in [3.05, 3.63) is 18.0 Å². The van der Waals surface area contributed by atoms with Gasteiger partial charge in [0.1, 0.15) is 0 Å². The topological polar surface area (TPSA) is 78.4 Å². The molecule has 0 radical (unpaired) electrons. The lowest BCUT2D eigenvalue weighted by atomic mass is 10.1. The summed E-state index contributed by atoms with van der Waals surface area (Å²) >= 11 is 0. The van der Waals surface area contributed by atoms with E-state index in [0.29, 0.717) is 12.0 Å². The van der Waals surface area contributed by atoms with Crippen LogP contribution >= 0.6 is 0 Å². The van der Waals surface area contributed by atoms with Crippen molar-refractivity contribution in [2.45, 2.75) is 18.9 Å². The number of likely N-dealkylation sites (tertiary alicyclic amines) is 1. The minimum Gasteiger partial charge on any atom is -0.478 e. The third-order valence-electron chi connectivity index (χ3n) is 2.95. The van der Waals surface area contributed by atoms with E-state index in [0.717, 1.165) is 25.9 Å². The first-order valence-corrected chi connectivity index (χ1v) is 5.65. The Balaban J connectivity index is 1.92. The number of hydrogen-bond donors (Lipinski definition) is 2. The van der Waals surface area contributed by atoms with E-state index in [9.17, 15) is 4.79 Å². The number of nitrogens with one attached hydrogen (secondary N) is 1. The number of hydrogen-bond acceptors (Lipinski definition) is 5. The van der Waals surface area contributed by atoms with Gasteiger partial charge >= 0.3 is 5.97 Å². The van der Waals surface area contributed by atoms with Gasteiger partial charge in [-0.05, 0) is 33.0 Å². The summed E-state index contributed by atoms with van der Waals surface area (Å²) in [5, 5.41) is 11.9. The first-order valence-electron chi connectivity index (χ1n) is 5.65. The van der Waals surface area contributed by atoms with E-state index in [-0.39, 0.29) is 5.56 Å². The van der Waals surface area contributed by atoms with Crippen molar-refractivity contribution < 1.29 is 9.90 Å². The van der Waals surface area contributed by atoms with Crippen LogP contribution in [-0.4, -0.2) is 52.1 Å². The SMILES string of the molecule is CN1CCC(Nc2ncc(C(=O)O)cn2)CC1. The third kappa shape index (κ3) is 3.13. The molecule has 1 fully saturated rings. The van der Waals surface area contributed by atoms with E-state index < -0.39 is 5.97 Å². The lowest BCUT2D eigenvalue weighted by Crippen LogP contribution is -2.37. The van der Waals surface area contributed by atoms with Gasteiger partial charge in [0.2, 0.25) is 5.95 Å². The maximum atomic E-state index is 10.6. The van der Waals surface area contributed by atoms with E-state index >= 15 is 0 Å². The van der Waals surface area contributed by atoms with Crippen molar-refractivity contribution in [2.24, 2.45) is 0 Å². The average Bonchev–Trinajstić information content (AvgIpc) is 2.33. The molecule has 2 rings (SSSR count). The second-order valence-electron chi connectivity index (χ2n) is 4.32. The Kier molecular flexibility index (Phi) is 3.53. The molecular weight excluding hydrogens is 220 g/mol. The minimum atomic E-state index is -1.00. The highest BCUT2D eigenvalue weighted by atomic mass is 16.4. The summed E-state index contributed by atoms with van der Waals surface area (Å²) in [7, 11) is 2.11. The molecule has 0 amide bonds. The standard InChI is InChI=1S/C11H16N4O2/c1-15-4-2-9(3-5-15)14-11-12-6-8(7-13-11)10(16)17/h6-7,9H,2-5H2,1H3,(H,16,17)(H,12,13,14). The van der Waals surface area contributed by atoms with Gasteiger partial charge in [0.25, 0.3) is 0 Å². The quantitative estimate of drug-likeness (QED) is 0.803. The molecule has 92 valence electrons. The van der Waals surface area contributed by atoms with Crippen LogP contribution < -0.4 is 5.32 Å². The Bertz CT molecular complexity index is 385. The molecule has 1 aliphatic rings. The Morgan fingerprint density at radius 2 is 2.00 bits per heavy atom. The number of carbonyl (C=O) groups is 1. The number of aromatic carboxylic acids is 1. The minimum absolute atomic E-state index is 0.110. The van der Waals surface area contributed by atoms with Crippen molar-refractivity contribution in [3.63, 3.8) is 0 Å². The molecule has 17 heavy (non-hydrogen) atoms. The lowest BCUT2D eigenvalue weighted by molar-refractivity contribution is 0.0696. The molecule has 1 saturated heterocycles. The second-order valence-corrected chi connectivity index (χ2v) is 4.32. The molecule has 0 spiro atoms. The predicted molar refractivity (Wildman–Crippen MR) is 63.1 cm³/mol. The Morgan fingerprint density at radius 1 is 1.41 bits per heavy atom. The fourth-order valence-electron chi connectivity index (χ4n) is 1.85. The highest BCUT2D eigenvalue weighted by Gasteiger charge is 2.17. The van der Waals surface area contributed by atoms with E-state index in [1.165, 1.54) is 12.4 Å². The normalized spacial score (nSPS) is 17.9. The number of carboxylic acids is 1. The highest BCUT2D eigenvalue weighted by Crippen LogP contribution is 2.12. The molecule has 0 bridgehead atoms. The lowest BCUT2D eigenvalue weighted by Gasteiger charge is -2.29. The molecule has 6 heteroatoms. The molecule has 1 aromatic rings. The van der Waals surface area contributed by atoms with Crippen molar-refractivity contribution >= 4 is 11.9 Å². The summed E-state index contributed by atoms with van der Waals surface area (Å²) in [6.07, 6.45) is 4.76. The molecule has 0 unspecified atom stereocenters. The van der Waals surface area contributed by atoms with Crippen LogP contribution in [0.25, 0.3) is 0 Å². The molecule has 0 aromatic carbocycles. The fourth-order valence-corrected chi connectivity index (χ4v) is 1.85. The number of rotatable bonds is 3. The molecule has 0 aliphatic carbocycles. The van der Waals surface area contributed by atoms with Crippen LogP contribution in [0.1, 0.15) is 23.2 Å². The number of piperidine rings is 1. The van der Waals surface area contributed by atoms with Crippen LogP contribution in [0.3, 0.4) is 0 Å². The largest absolute Gasteiger partial charge is 0.478 e. The summed E-state index contributed by atoms with van der Waals surface area (Å²) in [4.78, 5) is 20.9. The van der Waals surface area contributed by atoms with Crippen molar-refractivity contribution in [1.82, 2.24) is 14.9 Å². The molecule has 0 saturated carbocycles. The zero-order valence-corrected chi connectivity index (χ0v) is 9.76. The van der Waals surface area contributed by atoms with Gasteiger partial charge in [-0.2, -0.15) is 0 Å². The summed E-state index contributed by atoms with van der Waals surface area (Å²) in [5.41, 5.74) is 0.110. The number of anilines is 1. The van der Waals surface area contributed by atoms with Crippen LogP contribution in [0.15, 0.2) is 12.4 Å². The molecule has 1 aliphatic heterocycles. The summed E-state index contributed by atoms with van der Waals surface area (Å²) in [6.45, 7) is 2.12. The summed E-state index contributed by atoms with van der Waals surface area (Å²) in [5.74, 6) is -0.500. The van der Waals surface area contributed by atoms with E-state index in [1.54, 1.807) is 0 Å². The first kappa shape index (κ1) is 11.8. The van der Waals surface area contributed by atoms with Crippen LogP contribution in [0.2, 0.25) is 0 Å². The van der Waals surface area contributed by atoms with Crippen molar-refractivity contribution in [2.75, 3.05) is 25.5 Å². The van der Waals surface area contributed by atoms with E-state index in [2.05, 4.69) is 27.2 Å². The molecule has 1 aromatic heterocycles. The zero-order chi connectivity index (χ0) is 12.3. The predicted octanol–water partition coefficient (Wildman–Crippen LogP) is 0.681. The number of nitrogens with zero attached hydrogens (tertiary/aromatic N) is 3. The Hall–Kier alpha value is -1.69. The zero-order valence-electron chi connectivity index (χ0n) is 9.76. The molecular formula is C11H16N4O2. The molecule has 6 nitrogen and oxygen atoms in total. The van der Waals surface area contributed by atoms with Crippen molar-refractivity contribution in [3.8, 4) is 0 Å². The van der Waals surface area contributed by atoms with Gasteiger partial charge in [-0.1, -0.05) is 0 Å². The second kappa shape index (κ2) is 5.09. The van der Waals surface area contributed by atoms with Gasteiger partial charge < -0.3 is 15.3 Å². The van der Waals surface area contributed by atoms with Crippen LogP contribution in [0.4, 0.5) is 5.95 Å². The molecule has 0 atom stereocenters. The number of aromatic nitrogens is 2. The van der Waals surface area contributed by atoms with Gasteiger partial charge in [0.15, 0.2) is 0 Å². The van der Waals surface area contributed by atoms with E-state index in [4.69, 9.17) is 5.11 Å². The smallest absolute Gasteiger partial charge is 0.338 e. The fraction of sp³-hybridized carbons (Fsp3) is 0.545. The first-order chi connectivity index (χ1) is 8.15. The maximum absolute atomic E-state index is 10.6. The van der Waals surface area contributed by atoms with E-state index in [1.807, 2.05) is 0 Å². The Morgan fingerprint density at radius 3 is 2.53 bits per heavy atom. The molecule has 2 heterocycles. The third-order valence-corrected chi connectivity index (χ3v) is 2.95.